The highest BCUT2D eigenvalue weighted by Gasteiger charge is 2.23. The quantitative estimate of drug-likeness (QED) is 0.150. The molecule has 2 nitrogen and oxygen atoms in total. The van der Waals surface area contributed by atoms with E-state index in [4.69, 9.17) is 4.42 Å². The zero-order chi connectivity index (χ0) is 29.7. The highest BCUT2D eigenvalue weighted by molar-refractivity contribution is 6.29. The summed E-state index contributed by atoms with van der Waals surface area (Å²) in [4.78, 5) is 0. The minimum absolute atomic E-state index is 0.0670. The predicted octanol–water partition coefficient (Wildman–Crippen LogP) is 11.1. The Bertz CT molecular complexity index is 2580. The Morgan fingerprint density at radius 1 is 0.545 bits per heavy atom. The fraction of sp³-hybridized carbons (Fsp3) is 0.119. The van der Waals surface area contributed by atoms with Crippen LogP contribution in [0.1, 0.15) is 26.3 Å². The number of hydrogen-bond donors (Lipinski definition) is 0. The van der Waals surface area contributed by atoms with E-state index in [2.05, 4.69) is 148 Å². The van der Waals surface area contributed by atoms with E-state index in [-0.39, 0.29) is 5.41 Å². The molecule has 2 heteroatoms. The van der Waals surface area contributed by atoms with E-state index in [0.717, 1.165) is 27.5 Å². The van der Waals surface area contributed by atoms with Gasteiger partial charge in [0, 0.05) is 33.4 Å². The lowest BCUT2D eigenvalue weighted by Crippen LogP contribution is -2.28. The first-order valence-corrected chi connectivity index (χ1v) is 15.4. The first kappa shape index (κ1) is 25.3. The van der Waals surface area contributed by atoms with Crippen molar-refractivity contribution in [3.63, 3.8) is 0 Å². The van der Waals surface area contributed by atoms with Crippen molar-refractivity contribution in [2.45, 2.75) is 26.2 Å². The number of aryl methyl sites for hydroxylation is 1. The van der Waals surface area contributed by atoms with Crippen LogP contribution in [-0.2, 0) is 12.5 Å². The van der Waals surface area contributed by atoms with Crippen LogP contribution in [0.25, 0.3) is 87.4 Å². The van der Waals surface area contributed by atoms with Crippen molar-refractivity contribution in [1.82, 2.24) is 0 Å². The van der Waals surface area contributed by atoms with E-state index < -0.39 is 0 Å². The Labute approximate surface area is 256 Å². The molecular formula is C42H32NO+. The second kappa shape index (κ2) is 8.90. The molecule has 0 atom stereocenters. The lowest BCUT2D eigenvalue weighted by molar-refractivity contribution is -0.644. The number of pyridine rings is 1. The average Bonchev–Trinajstić information content (AvgIpc) is 3.42. The maximum Gasteiger partial charge on any atom is 0.212 e. The van der Waals surface area contributed by atoms with Crippen molar-refractivity contribution in [2.24, 2.45) is 7.05 Å². The average molecular weight is 567 g/mol. The van der Waals surface area contributed by atoms with Crippen LogP contribution in [0, 0.1) is 0 Å². The number of nitrogens with zero attached hydrogens (tertiary/aromatic N) is 1. The lowest BCUT2D eigenvalue weighted by Gasteiger charge is -2.22. The molecule has 210 valence electrons. The van der Waals surface area contributed by atoms with Crippen molar-refractivity contribution < 1.29 is 8.98 Å². The maximum absolute atomic E-state index is 6.60. The van der Waals surface area contributed by atoms with Gasteiger partial charge in [-0.2, -0.15) is 0 Å². The topological polar surface area (TPSA) is 17.0 Å². The van der Waals surface area contributed by atoms with Crippen LogP contribution in [-0.4, -0.2) is 0 Å². The Morgan fingerprint density at radius 2 is 1.25 bits per heavy atom. The molecule has 0 saturated heterocycles. The van der Waals surface area contributed by atoms with Gasteiger partial charge in [0.25, 0.3) is 0 Å². The largest absolute Gasteiger partial charge is 0.455 e. The molecule has 2 heterocycles. The van der Waals surface area contributed by atoms with Gasteiger partial charge in [-0.25, -0.2) is 4.57 Å². The van der Waals surface area contributed by atoms with Crippen molar-refractivity contribution in [2.75, 3.05) is 0 Å². The molecule has 0 radical (unpaired) electrons. The van der Waals surface area contributed by atoms with Crippen LogP contribution in [0.2, 0.25) is 0 Å². The number of furan rings is 1. The summed E-state index contributed by atoms with van der Waals surface area (Å²) in [7, 11) is 2.14. The Hall–Kier alpha value is -5.21. The zero-order valence-corrected chi connectivity index (χ0v) is 25.4. The third-order valence-corrected chi connectivity index (χ3v) is 9.55. The summed E-state index contributed by atoms with van der Waals surface area (Å²) in [5.74, 6) is 0. The van der Waals surface area contributed by atoms with Gasteiger partial charge in [0.2, 0.25) is 5.52 Å². The molecule has 0 spiro atoms. The van der Waals surface area contributed by atoms with Crippen LogP contribution in [0.4, 0.5) is 0 Å². The molecule has 0 aliphatic carbocycles. The molecule has 0 fully saturated rings. The van der Waals surface area contributed by atoms with Gasteiger partial charge in [0.15, 0.2) is 6.20 Å². The first-order valence-electron chi connectivity index (χ1n) is 15.4. The van der Waals surface area contributed by atoms with E-state index in [1.807, 2.05) is 6.07 Å². The fourth-order valence-corrected chi connectivity index (χ4v) is 7.33. The van der Waals surface area contributed by atoms with E-state index in [1.165, 1.54) is 65.5 Å². The summed E-state index contributed by atoms with van der Waals surface area (Å²) in [5, 5.41) is 11.3. The summed E-state index contributed by atoms with van der Waals surface area (Å²) >= 11 is 0. The van der Waals surface area contributed by atoms with Crippen LogP contribution in [0.15, 0.2) is 126 Å². The lowest BCUT2D eigenvalue weighted by atomic mass is 9.81. The third kappa shape index (κ3) is 3.58. The Kier molecular flexibility index (Phi) is 5.12. The van der Waals surface area contributed by atoms with Gasteiger partial charge in [-0.1, -0.05) is 106 Å². The van der Waals surface area contributed by atoms with Gasteiger partial charge in [0.05, 0.1) is 0 Å². The predicted molar refractivity (Wildman–Crippen MR) is 186 cm³/mol. The summed E-state index contributed by atoms with van der Waals surface area (Å²) in [6.07, 6.45) is 2.28. The van der Waals surface area contributed by atoms with Crippen LogP contribution < -0.4 is 4.57 Å². The Morgan fingerprint density at radius 3 is 2.05 bits per heavy atom. The molecule has 7 aromatic carbocycles. The summed E-state index contributed by atoms with van der Waals surface area (Å²) < 4.78 is 8.85. The van der Waals surface area contributed by atoms with Gasteiger partial charge in [-0.3, -0.25) is 0 Å². The molecule has 0 N–H and O–H groups in total. The SMILES string of the molecule is C[n+]1cc(-c2cc(-c3cccc4c3oc3ccccc34)c3ccc4cc(C(C)(C)C)cc5ccc2c3c54)cc2ccccc21. The third-order valence-electron chi connectivity index (χ3n) is 9.55. The Balaban J connectivity index is 1.45. The van der Waals surface area contributed by atoms with Gasteiger partial charge >= 0.3 is 0 Å². The van der Waals surface area contributed by atoms with Crippen molar-refractivity contribution in [3.8, 4) is 22.3 Å². The number of para-hydroxylation sites is 3. The molecule has 44 heavy (non-hydrogen) atoms. The monoisotopic (exact) mass is 566 g/mol. The van der Waals surface area contributed by atoms with Crippen molar-refractivity contribution in [3.05, 3.63) is 127 Å². The van der Waals surface area contributed by atoms with E-state index >= 15 is 0 Å². The minimum atomic E-state index is 0.0670. The van der Waals surface area contributed by atoms with Gasteiger partial charge in [-0.05, 0) is 78.7 Å². The molecule has 9 aromatic rings. The van der Waals surface area contributed by atoms with Gasteiger partial charge < -0.3 is 4.42 Å². The highest BCUT2D eigenvalue weighted by atomic mass is 16.3. The van der Waals surface area contributed by atoms with Crippen molar-refractivity contribution in [1.29, 1.82) is 0 Å². The smallest absolute Gasteiger partial charge is 0.212 e. The summed E-state index contributed by atoms with van der Waals surface area (Å²) in [6.45, 7) is 6.89. The zero-order valence-electron chi connectivity index (χ0n) is 25.4. The van der Waals surface area contributed by atoms with E-state index in [1.54, 1.807) is 0 Å². The number of hydrogen-bond acceptors (Lipinski definition) is 1. The van der Waals surface area contributed by atoms with Crippen LogP contribution >= 0.6 is 0 Å². The second-order valence-corrected chi connectivity index (χ2v) is 13.3. The van der Waals surface area contributed by atoms with Crippen LogP contribution in [0.3, 0.4) is 0 Å². The molecule has 0 amide bonds. The van der Waals surface area contributed by atoms with E-state index in [9.17, 15) is 0 Å². The van der Waals surface area contributed by atoms with Crippen molar-refractivity contribution >= 4 is 65.2 Å². The number of fused-ring (bicyclic) bond motifs is 4. The minimum Gasteiger partial charge on any atom is -0.455 e. The number of rotatable bonds is 2. The standard InChI is InChI=1S/C42H32NO/c1-42(2,3)29-21-26-16-18-31-35(28-20-25-10-5-7-14-37(25)43(4)24-28)23-36(32-19-17-27(22-29)39(26)40(31)32)34-13-9-12-33-30-11-6-8-15-38(30)44-41(33)34/h5-24H,1-4H3/q+1. The summed E-state index contributed by atoms with van der Waals surface area (Å²) in [6, 6.07) is 42.4. The molecule has 0 aliphatic heterocycles. The molecule has 0 aliphatic rings. The normalized spacial score (nSPS) is 12.5. The van der Waals surface area contributed by atoms with Gasteiger partial charge in [0.1, 0.15) is 18.2 Å². The first-order chi connectivity index (χ1) is 21.3. The van der Waals surface area contributed by atoms with Crippen LogP contribution in [0.5, 0.6) is 0 Å². The van der Waals surface area contributed by atoms with Gasteiger partial charge in [-0.15, -0.1) is 0 Å². The molecular weight excluding hydrogens is 534 g/mol. The fourth-order valence-electron chi connectivity index (χ4n) is 7.33. The number of aromatic nitrogens is 1. The second-order valence-electron chi connectivity index (χ2n) is 13.3. The molecule has 0 saturated carbocycles. The van der Waals surface area contributed by atoms with E-state index in [0.29, 0.717) is 0 Å². The molecule has 9 rings (SSSR count). The molecule has 2 aromatic heterocycles. The number of benzene rings is 7. The molecule has 0 unspecified atom stereocenters. The summed E-state index contributed by atoms with van der Waals surface area (Å²) in [5.41, 5.74) is 9.26. The maximum atomic E-state index is 6.60. The molecule has 0 bridgehead atoms. The highest BCUT2D eigenvalue weighted by Crippen LogP contribution is 2.47.